The first-order valence-corrected chi connectivity index (χ1v) is 10.0. The molecule has 2 aromatic carbocycles. The van der Waals surface area contributed by atoms with E-state index in [1.807, 2.05) is 13.0 Å². The van der Waals surface area contributed by atoms with Crippen LogP contribution in [0.1, 0.15) is 30.3 Å². The molecule has 3 rings (SSSR count). The van der Waals surface area contributed by atoms with E-state index in [1.54, 1.807) is 48.5 Å². The number of hydrogen-bond donors (Lipinski definition) is 1. The van der Waals surface area contributed by atoms with Gasteiger partial charge in [0.15, 0.2) is 0 Å². The zero-order valence-corrected chi connectivity index (χ0v) is 16.6. The lowest BCUT2D eigenvalue weighted by Crippen LogP contribution is -2.47. The Morgan fingerprint density at radius 2 is 1.76 bits per heavy atom. The van der Waals surface area contributed by atoms with Crippen molar-refractivity contribution in [2.45, 2.75) is 38.1 Å². The maximum Gasteiger partial charge on any atom is 0.424 e. The standard InChI is InChI=1S/C21H21F3N2O2S/c1-2-12-26(14-15-8-4-3-5-9-15)18(27)13-20(28,21(22,23)24)19-25-16-10-6-7-11-17(16)29-19/h3-11,28H,2,12-14H2,1H3. The quantitative estimate of drug-likeness (QED) is 0.591. The zero-order valence-electron chi connectivity index (χ0n) is 15.8. The maximum absolute atomic E-state index is 13.9. The summed E-state index contributed by atoms with van der Waals surface area (Å²) in [6.07, 6.45) is -5.56. The number of benzene rings is 2. The van der Waals surface area contributed by atoms with Gasteiger partial charge in [0.2, 0.25) is 11.5 Å². The minimum absolute atomic E-state index is 0.182. The number of alkyl halides is 3. The molecule has 3 aromatic rings. The summed E-state index contributed by atoms with van der Waals surface area (Å²) < 4.78 is 42.2. The number of aliphatic hydroxyl groups is 1. The van der Waals surface area contributed by atoms with Gasteiger partial charge in [-0.1, -0.05) is 49.4 Å². The molecule has 1 N–H and O–H groups in total. The van der Waals surface area contributed by atoms with Crippen LogP contribution in [0.5, 0.6) is 0 Å². The van der Waals surface area contributed by atoms with Crippen LogP contribution in [0.25, 0.3) is 10.2 Å². The Balaban J connectivity index is 1.91. The molecule has 0 bridgehead atoms. The van der Waals surface area contributed by atoms with Gasteiger partial charge in [0, 0.05) is 13.1 Å². The summed E-state index contributed by atoms with van der Waals surface area (Å²) in [6, 6.07) is 15.6. The second kappa shape index (κ2) is 8.51. The molecule has 0 saturated carbocycles. The van der Waals surface area contributed by atoms with Crippen LogP contribution >= 0.6 is 11.3 Å². The van der Waals surface area contributed by atoms with E-state index >= 15 is 0 Å². The molecular formula is C21H21F3N2O2S. The smallest absolute Gasteiger partial charge is 0.374 e. The number of fused-ring (bicyclic) bond motifs is 1. The zero-order chi connectivity index (χ0) is 21.1. The van der Waals surface area contributed by atoms with Crippen molar-refractivity contribution in [2.24, 2.45) is 0 Å². The fourth-order valence-corrected chi connectivity index (χ4v) is 4.12. The van der Waals surface area contributed by atoms with Crippen molar-refractivity contribution in [3.63, 3.8) is 0 Å². The molecule has 1 unspecified atom stereocenters. The van der Waals surface area contributed by atoms with Crippen LogP contribution < -0.4 is 0 Å². The summed E-state index contributed by atoms with van der Waals surface area (Å²) in [5, 5.41) is 10.1. The molecule has 0 saturated heterocycles. The van der Waals surface area contributed by atoms with Gasteiger partial charge >= 0.3 is 6.18 Å². The number of amides is 1. The fraction of sp³-hybridized carbons (Fsp3) is 0.333. The highest BCUT2D eigenvalue weighted by Gasteiger charge is 2.58. The van der Waals surface area contributed by atoms with Gasteiger partial charge in [0.1, 0.15) is 5.01 Å². The van der Waals surface area contributed by atoms with Crippen LogP contribution in [0.4, 0.5) is 13.2 Å². The molecular weight excluding hydrogens is 401 g/mol. The molecule has 8 heteroatoms. The Morgan fingerprint density at radius 3 is 2.38 bits per heavy atom. The molecule has 1 atom stereocenters. The summed E-state index contributed by atoms with van der Waals surface area (Å²) in [5.41, 5.74) is -2.17. The van der Waals surface area contributed by atoms with Crippen molar-refractivity contribution < 1.29 is 23.1 Å². The molecule has 0 spiro atoms. The average Bonchev–Trinajstić information content (AvgIpc) is 3.12. The largest absolute Gasteiger partial charge is 0.424 e. The van der Waals surface area contributed by atoms with E-state index in [0.29, 0.717) is 23.2 Å². The van der Waals surface area contributed by atoms with Crippen molar-refractivity contribution in [1.29, 1.82) is 0 Å². The number of nitrogens with zero attached hydrogens (tertiary/aromatic N) is 2. The van der Waals surface area contributed by atoms with Crippen LogP contribution in [0.2, 0.25) is 0 Å². The number of rotatable bonds is 7. The van der Waals surface area contributed by atoms with E-state index in [4.69, 9.17) is 0 Å². The predicted octanol–water partition coefficient (Wildman–Crippen LogP) is 4.88. The Kier molecular flexibility index (Phi) is 6.24. The summed E-state index contributed by atoms with van der Waals surface area (Å²) >= 11 is 0.750. The third-order valence-electron chi connectivity index (χ3n) is 4.59. The van der Waals surface area contributed by atoms with E-state index in [-0.39, 0.29) is 6.54 Å². The van der Waals surface area contributed by atoms with Crippen LogP contribution in [-0.4, -0.2) is 33.6 Å². The number of thiazole rings is 1. The number of carbonyl (C=O) groups excluding carboxylic acids is 1. The van der Waals surface area contributed by atoms with Gasteiger partial charge in [-0.3, -0.25) is 4.79 Å². The predicted molar refractivity (Wildman–Crippen MR) is 106 cm³/mol. The first kappa shape index (κ1) is 21.3. The molecule has 154 valence electrons. The molecule has 1 heterocycles. The molecule has 1 amide bonds. The Morgan fingerprint density at radius 1 is 1.10 bits per heavy atom. The number of aromatic nitrogens is 1. The lowest BCUT2D eigenvalue weighted by Gasteiger charge is -2.31. The SMILES string of the molecule is CCCN(Cc1ccccc1)C(=O)CC(O)(c1nc2ccccc2s1)C(F)(F)F. The lowest BCUT2D eigenvalue weighted by molar-refractivity contribution is -0.268. The van der Waals surface area contributed by atoms with Gasteiger partial charge in [-0.2, -0.15) is 13.2 Å². The minimum atomic E-state index is -5.04. The second-order valence-electron chi connectivity index (χ2n) is 6.82. The van der Waals surface area contributed by atoms with Gasteiger partial charge in [0.05, 0.1) is 16.6 Å². The van der Waals surface area contributed by atoms with Crippen LogP contribution in [-0.2, 0) is 16.9 Å². The molecule has 4 nitrogen and oxygen atoms in total. The second-order valence-corrected chi connectivity index (χ2v) is 7.85. The van der Waals surface area contributed by atoms with Crippen LogP contribution in [0, 0.1) is 0 Å². The van der Waals surface area contributed by atoms with E-state index in [1.165, 1.54) is 4.90 Å². The third-order valence-corrected chi connectivity index (χ3v) is 5.77. The first-order valence-electron chi connectivity index (χ1n) is 9.21. The molecule has 0 aliphatic rings. The Hall–Kier alpha value is -2.45. The van der Waals surface area contributed by atoms with Gasteiger partial charge < -0.3 is 10.0 Å². The van der Waals surface area contributed by atoms with Crippen LogP contribution in [0.15, 0.2) is 54.6 Å². The third kappa shape index (κ3) is 4.59. The van der Waals surface area contributed by atoms with Gasteiger partial charge in [-0.15, -0.1) is 11.3 Å². The van der Waals surface area contributed by atoms with E-state index in [0.717, 1.165) is 16.9 Å². The Labute approximate surface area is 170 Å². The Bertz CT molecular complexity index is 942. The summed E-state index contributed by atoms with van der Waals surface area (Å²) in [7, 11) is 0. The topological polar surface area (TPSA) is 53.4 Å². The lowest BCUT2D eigenvalue weighted by atomic mass is 9.98. The van der Waals surface area contributed by atoms with Crippen molar-refractivity contribution in [3.05, 3.63) is 65.2 Å². The first-order chi connectivity index (χ1) is 13.7. The van der Waals surface area contributed by atoms with Crippen molar-refractivity contribution in [1.82, 2.24) is 9.88 Å². The van der Waals surface area contributed by atoms with E-state index in [9.17, 15) is 23.1 Å². The fourth-order valence-electron chi connectivity index (χ4n) is 3.04. The normalized spacial score (nSPS) is 14.0. The summed E-state index contributed by atoms with van der Waals surface area (Å²) in [5.74, 6) is -0.769. The number of carbonyl (C=O) groups is 1. The number of halogens is 3. The number of para-hydroxylation sites is 1. The van der Waals surface area contributed by atoms with Crippen molar-refractivity contribution >= 4 is 27.5 Å². The van der Waals surface area contributed by atoms with Gasteiger partial charge in [0.25, 0.3) is 0 Å². The molecule has 29 heavy (non-hydrogen) atoms. The highest BCUT2D eigenvalue weighted by Crippen LogP contribution is 2.44. The molecule has 0 fully saturated rings. The molecule has 0 aliphatic heterocycles. The monoisotopic (exact) mass is 422 g/mol. The molecule has 1 aromatic heterocycles. The van der Waals surface area contributed by atoms with Gasteiger partial charge in [-0.05, 0) is 24.1 Å². The summed E-state index contributed by atoms with van der Waals surface area (Å²) in [4.78, 5) is 18.1. The molecule has 0 aliphatic carbocycles. The summed E-state index contributed by atoms with van der Waals surface area (Å²) in [6.45, 7) is 2.32. The van der Waals surface area contributed by atoms with Gasteiger partial charge in [-0.25, -0.2) is 4.98 Å². The van der Waals surface area contributed by atoms with E-state index < -0.39 is 29.1 Å². The maximum atomic E-state index is 13.9. The minimum Gasteiger partial charge on any atom is -0.374 e. The number of hydrogen-bond acceptors (Lipinski definition) is 4. The molecule has 0 radical (unpaired) electrons. The van der Waals surface area contributed by atoms with Crippen molar-refractivity contribution in [2.75, 3.05) is 6.54 Å². The highest BCUT2D eigenvalue weighted by atomic mass is 32.1. The van der Waals surface area contributed by atoms with E-state index in [2.05, 4.69) is 4.98 Å². The van der Waals surface area contributed by atoms with Crippen LogP contribution in [0.3, 0.4) is 0 Å². The highest BCUT2D eigenvalue weighted by molar-refractivity contribution is 7.18. The average molecular weight is 422 g/mol. The van der Waals surface area contributed by atoms with Crippen molar-refractivity contribution in [3.8, 4) is 0 Å².